The molecule has 5 rings (SSSR count). The Bertz CT molecular complexity index is 1780. The number of cyclic esters (lactones) is 1. The van der Waals surface area contributed by atoms with Gasteiger partial charge >= 0.3 is 12.1 Å². The van der Waals surface area contributed by atoms with Gasteiger partial charge in [-0.15, -0.1) is 0 Å². The number of ether oxygens (including phenoxy) is 8. The first-order valence-electron chi connectivity index (χ1n) is 18.6. The van der Waals surface area contributed by atoms with Crippen LogP contribution in [-0.2, 0) is 41.6 Å². The Morgan fingerprint density at radius 3 is 2.51 bits per heavy atom. The van der Waals surface area contributed by atoms with Gasteiger partial charge in [-0.2, -0.15) is 0 Å². The second-order valence-corrected chi connectivity index (χ2v) is 15.1. The molecule has 5 atom stereocenters. The van der Waals surface area contributed by atoms with Crippen molar-refractivity contribution in [1.82, 2.24) is 9.55 Å². The van der Waals surface area contributed by atoms with Gasteiger partial charge in [-0.3, -0.25) is 4.90 Å². The highest BCUT2D eigenvalue weighted by Gasteiger charge is 2.44. The largest absolute Gasteiger partial charge is 0.497 e. The fourth-order valence-electron chi connectivity index (χ4n) is 6.24. The number of esters is 1. The van der Waals surface area contributed by atoms with Crippen molar-refractivity contribution in [2.75, 3.05) is 32.5 Å². The lowest BCUT2D eigenvalue weighted by Crippen LogP contribution is -2.38. The summed E-state index contributed by atoms with van der Waals surface area (Å²) in [7, 11) is 3.12. The Morgan fingerprint density at radius 1 is 1.07 bits per heavy atom. The lowest BCUT2D eigenvalue weighted by molar-refractivity contribution is -0.156. The van der Waals surface area contributed by atoms with E-state index in [0.717, 1.165) is 11.3 Å². The fourth-order valence-corrected chi connectivity index (χ4v) is 6.24. The topological polar surface area (TPSA) is 129 Å². The van der Waals surface area contributed by atoms with Crippen LogP contribution >= 0.6 is 0 Å². The standard InChI is InChI=1S/C42H55N3O10/c1-28-13-18-34(50-25-30-14-16-33(49-9)17-15-30)38-35(53-42(6,7)54-38)12-10-11-31-23-32(24-36(51-27-48-8)37(31)39(46)52-29(28)2)45(40(47)55-41(3,4)5)22-21-44-20-19-43-26-44/h10-11,13-20,23-24,26,28-29,34-35,38H,12,21-22,25,27H2,1-9H3/b11-10?,18-13-/t28-,29+,34-,35+,38-/m1/s1. The average molecular weight is 762 g/mol. The van der Waals surface area contributed by atoms with E-state index in [9.17, 15) is 9.59 Å². The van der Waals surface area contributed by atoms with Crippen LogP contribution in [0.1, 0.15) is 76.4 Å². The van der Waals surface area contributed by atoms with Crippen LogP contribution in [0.2, 0.25) is 0 Å². The summed E-state index contributed by atoms with van der Waals surface area (Å²) >= 11 is 0. The highest BCUT2D eigenvalue weighted by molar-refractivity contribution is 5.99. The molecule has 0 saturated carbocycles. The van der Waals surface area contributed by atoms with Gasteiger partial charge in [0.25, 0.3) is 0 Å². The summed E-state index contributed by atoms with van der Waals surface area (Å²) < 4.78 is 49.9. The molecule has 0 spiro atoms. The first-order valence-corrected chi connectivity index (χ1v) is 18.6. The van der Waals surface area contributed by atoms with Gasteiger partial charge in [-0.1, -0.05) is 43.4 Å². The summed E-state index contributed by atoms with van der Waals surface area (Å²) in [5.41, 5.74) is 1.33. The molecule has 1 amide bonds. The van der Waals surface area contributed by atoms with Crippen LogP contribution in [0.15, 0.2) is 73.3 Å². The predicted molar refractivity (Wildman–Crippen MR) is 207 cm³/mol. The molecule has 2 aliphatic heterocycles. The van der Waals surface area contributed by atoms with Crippen molar-refractivity contribution in [3.05, 3.63) is 90.0 Å². The van der Waals surface area contributed by atoms with Crippen LogP contribution in [0.25, 0.3) is 6.08 Å². The number of fused-ring (bicyclic) bond motifs is 2. The Kier molecular flexibility index (Phi) is 13.8. The molecule has 3 aromatic rings. The van der Waals surface area contributed by atoms with Gasteiger partial charge in [-0.05, 0) is 77.3 Å². The highest BCUT2D eigenvalue weighted by Crippen LogP contribution is 2.36. The van der Waals surface area contributed by atoms with E-state index in [0.29, 0.717) is 30.8 Å². The lowest BCUT2D eigenvalue weighted by Gasteiger charge is -2.29. The van der Waals surface area contributed by atoms with Crippen LogP contribution in [0.5, 0.6) is 11.5 Å². The summed E-state index contributed by atoms with van der Waals surface area (Å²) in [6.45, 7) is 13.9. The molecule has 55 heavy (non-hydrogen) atoms. The third-order valence-corrected chi connectivity index (χ3v) is 9.17. The first kappa shape index (κ1) is 41.5. The minimum atomic E-state index is -0.875. The van der Waals surface area contributed by atoms with E-state index in [1.807, 2.05) is 108 Å². The third-order valence-electron chi connectivity index (χ3n) is 9.17. The molecular formula is C42H55N3O10. The Labute approximate surface area is 324 Å². The van der Waals surface area contributed by atoms with Gasteiger partial charge in [0.05, 0.1) is 31.8 Å². The second-order valence-electron chi connectivity index (χ2n) is 15.1. The summed E-state index contributed by atoms with van der Waals surface area (Å²) in [6.07, 6.45) is 10.8. The van der Waals surface area contributed by atoms with Crippen LogP contribution < -0.4 is 14.4 Å². The molecule has 0 unspecified atom stereocenters. The van der Waals surface area contributed by atoms with Gasteiger partial charge in [0.15, 0.2) is 12.6 Å². The van der Waals surface area contributed by atoms with Crippen LogP contribution in [0.3, 0.4) is 0 Å². The van der Waals surface area contributed by atoms with E-state index in [1.54, 1.807) is 31.8 Å². The number of carbonyl (C=O) groups excluding carboxylic acids is 2. The average Bonchev–Trinajstić information content (AvgIpc) is 3.76. The minimum Gasteiger partial charge on any atom is -0.497 e. The SMILES string of the molecule is COCOc1cc(N(CCn2ccnc2)C(=O)OC(C)(C)C)cc2c1C(=O)O[C@@H](C)[C@H](C)/C=C\[C@@H](OCc1ccc(OC)cc1)[C@H]1OC(C)(C)O[C@H]1CC=C2. The zero-order chi connectivity index (χ0) is 39.8. The molecule has 0 radical (unpaired) electrons. The normalized spacial score (nSPS) is 23.1. The van der Waals surface area contributed by atoms with Crippen LogP contribution in [-0.4, -0.2) is 85.0 Å². The fraction of sp³-hybridized carbons (Fsp3) is 0.500. The monoisotopic (exact) mass is 761 g/mol. The van der Waals surface area contributed by atoms with Crippen molar-refractivity contribution in [2.45, 2.75) is 104 Å². The van der Waals surface area contributed by atoms with Crippen LogP contribution in [0, 0.1) is 5.92 Å². The maximum atomic E-state index is 14.1. The zero-order valence-corrected chi connectivity index (χ0v) is 33.4. The molecule has 0 bridgehead atoms. The molecule has 0 N–H and O–H groups in total. The van der Waals surface area contributed by atoms with Gasteiger partial charge in [0, 0.05) is 44.6 Å². The molecule has 1 fully saturated rings. The number of imidazole rings is 1. The quantitative estimate of drug-likeness (QED) is 0.109. The molecule has 2 aliphatic rings. The van der Waals surface area contributed by atoms with Crippen LogP contribution in [0.4, 0.5) is 10.5 Å². The Hall–Kier alpha value is -4.69. The number of nitrogens with zero attached hydrogens (tertiary/aromatic N) is 3. The van der Waals surface area contributed by atoms with Crippen molar-refractivity contribution in [1.29, 1.82) is 0 Å². The van der Waals surface area contributed by atoms with Crippen molar-refractivity contribution in [3.63, 3.8) is 0 Å². The van der Waals surface area contributed by atoms with Gasteiger partial charge in [-0.25, -0.2) is 14.6 Å². The molecule has 2 aromatic carbocycles. The predicted octanol–water partition coefficient (Wildman–Crippen LogP) is 7.58. The van der Waals surface area contributed by atoms with E-state index in [-0.39, 0.29) is 30.6 Å². The number of rotatable bonds is 11. The number of amides is 1. The molecule has 13 heteroatoms. The van der Waals surface area contributed by atoms with E-state index >= 15 is 0 Å². The van der Waals surface area contributed by atoms with Crippen molar-refractivity contribution in [2.24, 2.45) is 5.92 Å². The summed E-state index contributed by atoms with van der Waals surface area (Å²) in [5.74, 6) is -0.719. The number of hydrogen-bond acceptors (Lipinski definition) is 11. The summed E-state index contributed by atoms with van der Waals surface area (Å²) in [4.78, 5) is 33.6. The van der Waals surface area contributed by atoms with Crippen molar-refractivity contribution in [3.8, 4) is 11.5 Å². The number of anilines is 1. The van der Waals surface area contributed by atoms with Crippen molar-refractivity contribution >= 4 is 23.8 Å². The highest BCUT2D eigenvalue weighted by atomic mass is 16.8. The van der Waals surface area contributed by atoms with Crippen molar-refractivity contribution < 1.29 is 47.5 Å². The lowest BCUT2D eigenvalue weighted by atomic mass is 9.98. The minimum absolute atomic E-state index is 0.148. The Morgan fingerprint density at radius 2 is 1.84 bits per heavy atom. The first-order chi connectivity index (χ1) is 26.2. The van der Waals surface area contributed by atoms with E-state index in [1.165, 1.54) is 12.0 Å². The van der Waals surface area contributed by atoms with E-state index in [2.05, 4.69) is 4.98 Å². The van der Waals surface area contributed by atoms with Gasteiger partial charge < -0.3 is 42.5 Å². The number of aromatic nitrogens is 2. The van der Waals surface area contributed by atoms with E-state index < -0.39 is 47.9 Å². The molecule has 1 saturated heterocycles. The molecule has 13 nitrogen and oxygen atoms in total. The third kappa shape index (κ3) is 11.4. The maximum Gasteiger partial charge on any atom is 0.414 e. The zero-order valence-electron chi connectivity index (χ0n) is 33.4. The summed E-state index contributed by atoms with van der Waals surface area (Å²) in [6, 6.07) is 11.1. The number of benzene rings is 2. The molecule has 0 aliphatic carbocycles. The molecule has 3 heterocycles. The maximum absolute atomic E-state index is 14.1. The summed E-state index contributed by atoms with van der Waals surface area (Å²) in [5, 5.41) is 0. The number of hydrogen-bond donors (Lipinski definition) is 0. The smallest absolute Gasteiger partial charge is 0.414 e. The molecular weight excluding hydrogens is 706 g/mol. The Balaban J connectivity index is 1.55. The second kappa shape index (κ2) is 18.3. The molecule has 298 valence electrons. The van der Waals surface area contributed by atoms with Gasteiger partial charge in [0.1, 0.15) is 41.0 Å². The van der Waals surface area contributed by atoms with Gasteiger partial charge in [0.2, 0.25) is 0 Å². The number of carbonyl (C=O) groups is 2. The van der Waals surface area contributed by atoms with E-state index in [4.69, 9.17) is 37.9 Å². The molecule has 1 aromatic heterocycles. The number of methoxy groups -OCH3 is 2.